The van der Waals surface area contributed by atoms with Crippen molar-refractivity contribution in [1.29, 1.82) is 0 Å². The minimum Gasteiger partial charge on any atom is -0.315 e. The van der Waals surface area contributed by atoms with Gasteiger partial charge in [0.2, 0.25) is 10.0 Å². The van der Waals surface area contributed by atoms with E-state index >= 15 is 0 Å². The third kappa shape index (κ3) is 5.49. The number of piperidine rings is 1. The highest BCUT2D eigenvalue weighted by molar-refractivity contribution is 7.89. The van der Waals surface area contributed by atoms with Crippen molar-refractivity contribution in [2.24, 2.45) is 5.92 Å². The second-order valence-corrected chi connectivity index (χ2v) is 6.54. The van der Waals surface area contributed by atoms with E-state index in [9.17, 15) is 8.42 Å². The zero-order valence-corrected chi connectivity index (χ0v) is 10.4. The fourth-order valence-electron chi connectivity index (χ4n) is 1.66. The molecule has 0 unspecified atom stereocenters. The minimum absolute atomic E-state index is 0.0934. The van der Waals surface area contributed by atoms with E-state index in [-0.39, 0.29) is 11.8 Å². The van der Waals surface area contributed by atoms with Gasteiger partial charge in [0.15, 0.2) is 0 Å². The van der Waals surface area contributed by atoms with Crippen LogP contribution in [0.2, 0.25) is 0 Å². The normalized spacial score (nSPS) is 23.3. The van der Waals surface area contributed by atoms with E-state index in [1.165, 1.54) is 0 Å². The molecule has 1 aliphatic heterocycles. The molecule has 0 aromatic carbocycles. The molecule has 0 spiro atoms. The van der Waals surface area contributed by atoms with Crippen molar-refractivity contribution >= 4 is 10.0 Å². The van der Waals surface area contributed by atoms with Gasteiger partial charge in [0, 0.05) is 12.6 Å². The molecule has 1 atom stereocenters. The van der Waals surface area contributed by atoms with Gasteiger partial charge in [-0.05, 0) is 31.7 Å². The Labute approximate surface area is 92.9 Å². The molecule has 15 heavy (non-hydrogen) atoms. The van der Waals surface area contributed by atoms with Gasteiger partial charge in [-0.2, -0.15) is 0 Å². The largest absolute Gasteiger partial charge is 0.315 e. The van der Waals surface area contributed by atoms with E-state index in [0.717, 1.165) is 32.4 Å². The van der Waals surface area contributed by atoms with Crippen molar-refractivity contribution < 1.29 is 8.42 Å². The highest BCUT2D eigenvalue weighted by Gasteiger charge is 2.19. The summed E-state index contributed by atoms with van der Waals surface area (Å²) in [6.07, 6.45) is 2.74. The zero-order chi connectivity index (χ0) is 11.3. The first-order chi connectivity index (χ1) is 6.99. The molecule has 1 rings (SSSR count). The molecular formula is C10H22N2O2S. The van der Waals surface area contributed by atoms with E-state index in [1.807, 2.05) is 13.8 Å². The van der Waals surface area contributed by atoms with Crippen LogP contribution in [-0.4, -0.2) is 33.3 Å². The summed E-state index contributed by atoms with van der Waals surface area (Å²) in [6.45, 7) is 5.85. The summed E-state index contributed by atoms with van der Waals surface area (Å²) < 4.78 is 26.1. The fourth-order valence-corrected chi connectivity index (χ4v) is 3.26. The van der Waals surface area contributed by atoms with Crippen molar-refractivity contribution in [2.75, 3.05) is 18.8 Å². The minimum atomic E-state index is -3.07. The topological polar surface area (TPSA) is 58.2 Å². The van der Waals surface area contributed by atoms with Crippen molar-refractivity contribution in [1.82, 2.24) is 10.0 Å². The Morgan fingerprint density at radius 3 is 2.73 bits per heavy atom. The first kappa shape index (κ1) is 12.9. The molecule has 2 N–H and O–H groups in total. The van der Waals surface area contributed by atoms with E-state index < -0.39 is 10.0 Å². The summed E-state index contributed by atoms with van der Waals surface area (Å²) in [5.74, 6) is 0.687. The zero-order valence-electron chi connectivity index (χ0n) is 9.62. The number of hydrogen-bond acceptors (Lipinski definition) is 3. The van der Waals surface area contributed by atoms with E-state index in [0.29, 0.717) is 5.92 Å². The van der Waals surface area contributed by atoms with Crippen LogP contribution in [0.5, 0.6) is 0 Å². The van der Waals surface area contributed by atoms with Crippen molar-refractivity contribution in [3.05, 3.63) is 0 Å². The Bertz CT molecular complexity index is 269. The second kappa shape index (κ2) is 5.82. The molecule has 5 heteroatoms. The molecular weight excluding hydrogens is 212 g/mol. The van der Waals surface area contributed by atoms with Crippen LogP contribution >= 0.6 is 0 Å². The van der Waals surface area contributed by atoms with Crippen LogP contribution in [-0.2, 0) is 10.0 Å². The third-order valence-corrected chi connectivity index (χ3v) is 4.07. The predicted molar refractivity (Wildman–Crippen MR) is 62.3 cm³/mol. The van der Waals surface area contributed by atoms with E-state index in [1.54, 1.807) is 0 Å². The Balaban J connectivity index is 2.34. The molecule has 1 fully saturated rings. The van der Waals surface area contributed by atoms with Gasteiger partial charge in [-0.1, -0.05) is 13.8 Å². The van der Waals surface area contributed by atoms with Gasteiger partial charge >= 0.3 is 0 Å². The number of sulfonamides is 1. The first-order valence-corrected chi connectivity index (χ1v) is 7.35. The lowest BCUT2D eigenvalue weighted by molar-refractivity contribution is 0.427. The SMILES string of the molecule is CC(C)CCS(=O)(=O)N[C@@H]1CCCNC1. The van der Waals surface area contributed by atoms with E-state index in [2.05, 4.69) is 10.0 Å². The van der Waals surface area contributed by atoms with Crippen LogP contribution in [0.15, 0.2) is 0 Å². The van der Waals surface area contributed by atoms with Gasteiger partial charge in [0.1, 0.15) is 0 Å². The molecule has 0 aromatic rings. The van der Waals surface area contributed by atoms with Crippen molar-refractivity contribution in [2.45, 2.75) is 39.2 Å². The molecule has 0 bridgehead atoms. The van der Waals surface area contributed by atoms with Gasteiger partial charge in [-0.15, -0.1) is 0 Å². The summed E-state index contributed by atoms with van der Waals surface area (Å²) in [5.41, 5.74) is 0. The van der Waals surface area contributed by atoms with Crippen molar-refractivity contribution in [3.8, 4) is 0 Å². The van der Waals surface area contributed by atoms with Gasteiger partial charge in [0.25, 0.3) is 0 Å². The number of hydrogen-bond donors (Lipinski definition) is 2. The summed E-state index contributed by atoms with van der Waals surface area (Å²) in [5, 5.41) is 3.20. The van der Waals surface area contributed by atoms with Gasteiger partial charge in [0.05, 0.1) is 5.75 Å². The molecule has 4 nitrogen and oxygen atoms in total. The summed E-state index contributed by atoms with van der Waals surface area (Å²) in [7, 11) is -3.07. The third-order valence-electron chi connectivity index (χ3n) is 2.61. The average molecular weight is 234 g/mol. The molecule has 1 saturated heterocycles. The maximum Gasteiger partial charge on any atom is 0.211 e. The average Bonchev–Trinajstić information content (AvgIpc) is 2.16. The highest BCUT2D eigenvalue weighted by atomic mass is 32.2. The second-order valence-electron chi connectivity index (χ2n) is 4.66. The Kier molecular flexibility index (Phi) is 5.02. The number of rotatable bonds is 5. The lowest BCUT2D eigenvalue weighted by Gasteiger charge is -2.23. The van der Waals surface area contributed by atoms with Gasteiger partial charge in [-0.25, -0.2) is 13.1 Å². The standard InChI is InChI=1S/C10H22N2O2S/c1-9(2)5-7-15(13,14)12-10-4-3-6-11-8-10/h9-12H,3-8H2,1-2H3/t10-/m1/s1. The molecule has 1 heterocycles. The first-order valence-electron chi connectivity index (χ1n) is 5.70. The van der Waals surface area contributed by atoms with Crippen LogP contribution in [0.4, 0.5) is 0 Å². The number of nitrogens with one attached hydrogen (secondary N) is 2. The quantitative estimate of drug-likeness (QED) is 0.736. The van der Waals surface area contributed by atoms with Crippen molar-refractivity contribution in [3.63, 3.8) is 0 Å². The fraction of sp³-hybridized carbons (Fsp3) is 1.00. The molecule has 0 saturated carbocycles. The molecule has 1 aliphatic rings. The van der Waals surface area contributed by atoms with Crippen LogP contribution < -0.4 is 10.0 Å². The van der Waals surface area contributed by atoms with Gasteiger partial charge in [-0.3, -0.25) is 0 Å². The molecule has 0 aliphatic carbocycles. The lowest BCUT2D eigenvalue weighted by Crippen LogP contribution is -2.46. The van der Waals surface area contributed by atoms with Crippen LogP contribution in [0.25, 0.3) is 0 Å². The maximum atomic E-state index is 11.7. The Hall–Kier alpha value is -0.130. The van der Waals surface area contributed by atoms with E-state index in [4.69, 9.17) is 0 Å². The maximum absolute atomic E-state index is 11.7. The monoisotopic (exact) mass is 234 g/mol. The summed E-state index contributed by atoms with van der Waals surface area (Å²) >= 11 is 0. The Morgan fingerprint density at radius 2 is 2.20 bits per heavy atom. The van der Waals surface area contributed by atoms with Gasteiger partial charge < -0.3 is 5.32 Å². The Morgan fingerprint density at radius 1 is 1.47 bits per heavy atom. The molecule has 0 aromatic heterocycles. The lowest BCUT2D eigenvalue weighted by atomic mass is 10.1. The molecule has 90 valence electrons. The predicted octanol–water partition coefficient (Wildman–Crippen LogP) is 0.704. The van der Waals surface area contributed by atoms with Crippen LogP contribution in [0.1, 0.15) is 33.1 Å². The molecule has 0 amide bonds. The summed E-state index contributed by atoms with van der Waals surface area (Å²) in [4.78, 5) is 0. The highest BCUT2D eigenvalue weighted by Crippen LogP contribution is 2.06. The van der Waals surface area contributed by atoms with Crippen LogP contribution in [0.3, 0.4) is 0 Å². The summed E-state index contributed by atoms with van der Waals surface area (Å²) in [6, 6.07) is 0.0934. The molecule has 0 radical (unpaired) electrons. The van der Waals surface area contributed by atoms with Crippen LogP contribution in [0, 0.1) is 5.92 Å². The smallest absolute Gasteiger partial charge is 0.211 e.